The van der Waals surface area contributed by atoms with Gasteiger partial charge in [-0.1, -0.05) is 35.4 Å². The summed E-state index contributed by atoms with van der Waals surface area (Å²) in [6.07, 6.45) is 0. The average molecular weight is 264 g/mol. The Kier molecular flexibility index (Phi) is 3.63. The van der Waals surface area contributed by atoms with Crippen molar-refractivity contribution in [2.75, 3.05) is 5.32 Å². The van der Waals surface area contributed by atoms with E-state index >= 15 is 0 Å². The molecule has 0 bridgehead atoms. The van der Waals surface area contributed by atoms with Crippen molar-refractivity contribution in [2.24, 2.45) is 0 Å². The Morgan fingerprint density at radius 2 is 1.94 bits per heavy atom. The third kappa shape index (κ3) is 2.68. The molecule has 0 radical (unpaired) electrons. The first-order valence-corrected chi connectivity index (χ1v) is 5.78. The fraction of sp³-hybridized carbons (Fsp3) is 0.0714. The summed E-state index contributed by atoms with van der Waals surface area (Å²) in [6.45, 7) is 1.80. The van der Waals surface area contributed by atoms with Gasteiger partial charge in [-0.15, -0.1) is 0 Å². The lowest BCUT2D eigenvalue weighted by molar-refractivity contribution is 0.102. The largest absolute Gasteiger partial charge is 0.321 e. The Hall–Kier alpha value is -1.87. The highest BCUT2D eigenvalue weighted by molar-refractivity contribution is 6.33. The zero-order valence-electron chi connectivity index (χ0n) is 9.71. The zero-order valence-corrected chi connectivity index (χ0v) is 10.5. The number of anilines is 1. The molecule has 0 saturated carbocycles. The number of halogens is 2. The smallest absolute Gasteiger partial charge is 0.258 e. The van der Waals surface area contributed by atoms with Gasteiger partial charge >= 0.3 is 0 Å². The number of amides is 1. The van der Waals surface area contributed by atoms with E-state index in [9.17, 15) is 9.18 Å². The van der Waals surface area contributed by atoms with Crippen LogP contribution >= 0.6 is 11.6 Å². The second-order valence-corrected chi connectivity index (χ2v) is 4.32. The maximum absolute atomic E-state index is 13.5. The molecular formula is C14H11ClFNO. The Balaban J connectivity index is 2.28. The van der Waals surface area contributed by atoms with Crippen LogP contribution in [0.3, 0.4) is 0 Å². The summed E-state index contributed by atoms with van der Waals surface area (Å²) in [5.41, 5.74) is 1.29. The number of para-hydroxylation sites is 1. The van der Waals surface area contributed by atoms with Crippen LogP contribution in [0.2, 0.25) is 5.02 Å². The minimum atomic E-state index is -0.551. The number of hydrogen-bond acceptors (Lipinski definition) is 1. The molecule has 0 spiro atoms. The number of benzene rings is 2. The molecule has 18 heavy (non-hydrogen) atoms. The van der Waals surface area contributed by atoms with Crippen LogP contribution in [0.15, 0.2) is 42.5 Å². The van der Waals surface area contributed by atoms with Crippen molar-refractivity contribution in [3.05, 3.63) is 64.4 Å². The second kappa shape index (κ2) is 5.19. The summed E-state index contributed by atoms with van der Waals surface area (Å²) in [5, 5.41) is 3.00. The summed E-state index contributed by atoms with van der Waals surface area (Å²) >= 11 is 5.92. The van der Waals surface area contributed by atoms with Gasteiger partial charge in [-0.3, -0.25) is 4.79 Å². The normalized spacial score (nSPS) is 10.2. The van der Waals surface area contributed by atoms with Gasteiger partial charge in [0.15, 0.2) is 0 Å². The molecule has 0 heterocycles. The third-order valence-corrected chi connectivity index (χ3v) is 2.82. The SMILES string of the molecule is Cc1ccc(F)c(C(=O)Nc2ccccc2Cl)c1. The van der Waals surface area contributed by atoms with E-state index in [1.807, 2.05) is 0 Å². The van der Waals surface area contributed by atoms with E-state index < -0.39 is 11.7 Å². The third-order valence-electron chi connectivity index (χ3n) is 2.49. The lowest BCUT2D eigenvalue weighted by Crippen LogP contribution is -2.14. The predicted octanol–water partition coefficient (Wildman–Crippen LogP) is 4.04. The van der Waals surface area contributed by atoms with Crippen LogP contribution in [0, 0.1) is 12.7 Å². The van der Waals surface area contributed by atoms with E-state index in [2.05, 4.69) is 5.32 Å². The van der Waals surface area contributed by atoms with Crippen LogP contribution in [-0.2, 0) is 0 Å². The zero-order chi connectivity index (χ0) is 13.1. The van der Waals surface area contributed by atoms with E-state index in [0.717, 1.165) is 5.56 Å². The molecule has 0 aromatic heterocycles. The van der Waals surface area contributed by atoms with Gasteiger partial charge in [0.2, 0.25) is 0 Å². The molecular weight excluding hydrogens is 253 g/mol. The van der Waals surface area contributed by atoms with Crippen molar-refractivity contribution in [2.45, 2.75) is 6.92 Å². The Bertz CT molecular complexity index is 598. The van der Waals surface area contributed by atoms with Crippen LogP contribution in [0.1, 0.15) is 15.9 Å². The van der Waals surface area contributed by atoms with E-state index in [1.54, 1.807) is 37.3 Å². The van der Waals surface area contributed by atoms with Crippen molar-refractivity contribution in [1.82, 2.24) is 0 Å². The van der Waals surface area contributed by atoms with Crippen molar-refractivity contribution in [3.8, 4) is 0 Å². The first kappa shape index (κ1) is 12.6. The topological polar surface area (TPSA) is 29.1 Å². The van der Waals surface area contributed by atoms with E-state index in [1.165, 1.54) is 12.1 Å². The molecule has 2 aromatic rings. The molecule has 2 aromatic carbocycles. The Morgan fingerprint density at radius 1 is 1.22 bits per heavy atom. The highest BCUT2D eigenvalue weighted by atomic mass is 35.5. The van der Waals surface area contributed by atoms with Crippen molar-refractivity contribution >= 4 is 23.2 Å². The summed E-state index contributed by atoms with van der Waals surface area (Å²) < 4.78 is 13.5. The fourth-order valence-corrected chi connectivity index (χ4v) is 1.75. The van der Waals surface area contributed by atoms with Crippen molar-refractivity contribution in [3.63, 3.8) is 0 Å². The molecule has 0 fully saturated rings. The minimum absolute atomic E-state index is 0.00918. The Labute approximate surface area is 109 Å². The van der Waals surface area contributed by atoms with Gasteiger partial charge in [0.05, 0.1) is 16.3 Å². The number of aryl methyl sites for hydroxylation is 1. The highest BCUT2D eigenvalue weighted by Gasteiger charge is 2.12. The predicted molar refractivity (Wildman–Crippen MR) is 70.5 cm³/mol. The lowest BCUT2D eigenvalue weighted by atomic mass is 10.1. The second-order valence-electron chi connectivity index (χ2n) is 3.92. The average Bonchev–Trinajstić information content (AvgIpc) is 2.35. The molecule has 2 nitrogen and oxygen atoms in total. The van der Waals surface area contributed by atoms with Crippen LogP contribution in [-0.4, -0.2) is 5.91 Å². The maximum atomic E-state index is 13.5. The van der Waals surface area contributed by atoms with E-state index in [-0.39, 0.29) is 5.56 Å². The van der Waals surface area contributed by atoms with Gasteiger partial charge in [-0.2, -0.15) is 0 Å². The van der Waals surface area contributed by atoms with Crippen LogP contribution in [0.5, 0.6) is 0 Å². The summed E-state index contributed by atoms with van der Waals surface area (Å²) in [5.74, 6) is -1.06. The maximum Gasteiger partial charge on any atom is 0.258 e. The van der Waals surface area contributed by atoms with Crippen LogP contribution in [0.4, 0.5) is 10.1 Å². The Morgan fingerprint density at radius 3 is 2.67 bits per heavy atom. The molecule has 0 aliphatic rings. The molecule has 0 aliphatic heterocycles. The van der Waals surface area contributed by atoms with Gasteiger partial charge in [0, 0.05) is 0 Å². The van der Waals surface area contributed by atoms with Crippen molar-refractivity contribution < 1.29 is 9.18 Å². The molecule has 92 valence electrons. The van der Waals surface area contributed by atoms with Gasteiger partial charge < -0.3 is 5.32 Å². The molecule has 0 unspecified atom stereocenters. The molecule has 0 saturated heterocycles. The molecule has 1 amide bonds. The number of nitrogens with one attached hydrogen (secondary N) is 1. The van der Waals surface area contributed by atoms with Crippen LogP contribution < -0.4 is 5.32 Å². The first-order chi connectivity index (χ1) is 8.58. The van der Waals surface area contributed by atoms with E-state index in [4.69, 9.17) is 11.6 Å². The quantitative estimate of drug-likeness (QED) is 0.870. The highest BCUT2D eigenvalue weighted by Crippen LogP contribution is 2.21. The standard InChI is InChI=1S/C14H11ClFNO/c1-9-6-7-12(16)10(8-9)14(18)17-13-5-3-2-4-11(13)15/h2-8H,1H3,(H,17,18). The van der Waals surface area contributed by atoms with Gasteiger partial charge in [-0.05, 0) is 31.2 Å². The minimum Gasteiger partial charge on any atom is -0.321 e. The summed E-state index contributed by atoms with van der Waals surface area (Å²) in [6, 6.07) is 11.2. The molecule has 0 atom stereocenters. The number of carbonyl (C=O) groups is 1. The van der Waals surface area contributed by atoms with Gasteiger partial charge in [0.1, 0.15) is 5.82 Å². The van der Waals surface area contributed by atoms with Gasteiger partial charge in [-0.25, -0.2) is 4.39 Å². The number of rotatable bonds is 2. The monoisotopic (exact) mass is 263 g/mol. The summed E-state index contributed by atoms with van der Waals surface area (Å²) in [7, 11) is 0. The van der Waals surface area contributed by atoms with E-state index in [0.29, 0.717) is 10.7 Å². The lowest BCUT2D eigenvalue weighted by Gasteiger charge is -2.08. The molecule has 4 heteroatoms. The van der Waals surface area contributed by atoms with Crippen LogP contribution in [0.25, 0.3) is 0 Å². The summed E-state index contributed by atoms with van der Waals surface area (Å²) in [4.78, 5) is 11.9. The first-order valence-electron chi connectivity index (χ1n) is 5.40. The fourth-order valence-electron chi connectivity index (χ4n) is 1.57. The number of carbonyl (C=O) groups excluding carboxylic acids is 1. The molecule has 0 aliphatic carbocycles. The molecule has 2 rings (SSSR count). The van der Waals surface area contributed by atoms with Gasteiger partial charge in [0.25, 0.3) is 5.91 Å². The van der Waals surface area contributed by atoms with Crippen molar-refractivity contribution in [1.29, 1.82) is 0 Å². The number of hydrogen-bond donors (Lipinski definition) is 1. The molecule has 1 N–H and O–H groups in total.